The maximum Gasteiger partial charge on any atom is 0.254 e. The quantitative estimate of drug-likeness (QED) is 0.704. The number of anilines is 1. The molecule has 4 rings (SSSR count). The molecule has 1 aliphatic heterocycles. The van der Waals surface area contributed by atoms with Crippen LogP contribution in [0.1, 0.15) is 50.7 Å². The van der Waals surface area contributed by atoms with Crippen LogP contribution in [0.2, 0.25) is 0 Å². The van der Waals surface area contributed by atoms with Crippen molar-refractivity contribution >= 4 is 17.4 Å². The molecule has 0 spiro atoms. The van der Waals surface area contributed by atoms with E-state index >= 15 is 0 Å². The third-order valence-electron chi connectivity index (χ3n) is 6.02. The summed E-state index contributed by atoms with van der Waals surface area (Å²) in [7, 11) is 0. The van der Waals surface area contributed by atoms with Crippen LogP contribution < -0.4 is 10.6 Å². The number of Topliss-reactive ketones (excluding diaryl/α,β-unsaturated/α-hetero) is 1. The van der Waals surface area contributed by atoms with E-state index in [1.54, 1.807) is 12.1 Å². The zero-order valence-electron chi connectivity index (χ0n) is 18.3. The second-order valence-corrected chi connectivity index (χ2v) is 9.27. The molecule has 0 saturated carbocycles. The van der Waals surface area contributed by atoms with Gasteiger partial charge in [-0.1, -0.05) is 55.8 Å². The second-order valence-electron chi connectivity index (χ2n) is 9.27. The summed E-state index contributed by atoms with van der Waals surface area (Å²) in [6, 6.07) is 14.0. The third kappa shape index (κ3) is 4.05. The van der Waals surface area contributed by atoms with Gasteiger partial charge >= 0.3 is 0 Å². The van der Waals surface area contributed by atoms with Crippen LogP contribution in [0.25, 0.3) is 0 Å². The largest absolute Gasteiger partial charge is 0.362 e. The number of halogens is 1. The first-order valence-electron chi connectivity index (χ1n) is 10.5. The molecule has 31 heavy (non-hydrogen) atoms. The van der Waals surface area contributed by atoms with E-state index in [4.69, 9.17) is 0 Å². The van der Waals surface area contributed by atoms with Crippen molar-refractivity contribution in [1.29, 1.82) is 0 Å². The van der Waals surface area contributed by atoms with Gasteiger partial charge in [0.15, 0.2) is 5.78 Å². The van der Waals surface area contributed by atoms with E-state index in [-0.39, 0.29) is 16.9 Å². The van der Waals surface area contributed by atoms with Crippen LogP contribution in [0.5, 0.6) is 0 Å². The Bertz CT molecular complexity index is 1130. The lowest BCUT2D eigenvalue weighted by Gasteiger charge is -2.39. The number of nitrogens with one attached hydrogen (secondary N) is 2. The number of benzene rings is 2. The molecule has 0 fully saturated rings. The fourth-order valence-corrected chi connectivity index (χ4v) is 4.58. The van der Waals surface area contributed by atoms with Crippen LogP contribution in [-0.2, 0) is 9.59 Å². The molecule has 4 nitrogen and oxygen atoms in total. The Morgan fingerprint density at radius 1 is 1.06 bits per heavy atom. The number of dihydropyridines is 1. The summed E-state index contributed by atoms with van der Waals surface area (Å²) in [5, 5.41) is 6.03. The number of rotatable bonds is 3. The zero-order valence-corrected chi connectivity index (χ0v) is 18.3. The molecule has 160 valence electrons. The molecule has 1 amide bonds. The predicted molar refractivity (Wildman–Crippen MR) is 120 cm³/mol. The number of aryl methyl sites for hydroxylation is 1. The Morgan fingerprint density at radius 3 is 2.42 bits per heavy atom. The Kier molecular flexibility index (Phi) is 5.29. The van der Waals surface area contributed by atoms with Crippen molar-refractivity contribution in [2.75, 3.05) is 5.32 Å². The molecule has 2 aromatic rings. The smallest absolute Gasteiger partial charge is 0.254 e. The molecule has 0 saturated heterocycles. The summed E-state index contributed by atoms with van der Waals surface area (Å²) in [6.07, 6.45) is 1.16. The molecule has 2 N–H and O–H groups in total. The number of hydrogen-bond acceptors (Lipinski definition) is 3. The molecule has 0 bridgehead atoms. The van der Waals surface area contributed by atoms with E-state index in [2.05, 4.69) is 24.5 Å². The van der Waals surface area contributed by atoms with Crippen LogP contribution in [0.15, 0.2) is 71.1 Å². The van der Waals surface area contributed by atoms with E-state index in [9.17, 15) is 14.0 Å². The number of amides is 1. The number of allylic oxidation sites excluding steroid dienone is 3. The first-order chi connectivity index (χ1) is 14.7. The summed E-state index contributed by atoms with van der Waals surface area (Å²) < 4.78 is 14.2. The van der Waals surface area contributed by atoms with E-state index < -0.39 is 17.6 Å². The van der Waals surface area contributed by atoms with Crippen molar-refractivity contribution in [1.82, 2.24) is 5.32 Å². The van der Waals surface area contributed by atoms with Crippen molar-refractivity contribution in [3.63, 3.8) is 0 Å². The minimum atomic E-state index is -0.500. The summed E-state index contributed by atoms with van der Waals surface area (Å²) in [4.78, 5) is 26.6. The van der Waals surface area contributed by atoms with Crippen LogP contribution in [0, 0.1) is 18.2 Å². The fraction of sp³-hybridized carbons (Fsp3) is 0.308. The first-order valence-corrected chi connectivity index (χ1v) is 10.5. The number of para-hydroxylation sites is 1. The van der Waals surface area contributed by atoms with E-state index in [1.165, 1.54) is 12.1 Å². The minimum absolute atomic E-state index is 0.0491. The van der Waals surface area contributed by atoms with Gasteiger partial charge in [0, 0.05) is 34.9 Å². The topological polar surface area (TPSA) is 58.2 Å². The highest BCUT2D eigenvalue weighted by Gasteiger charge is 2.42. The number of carbonyl (C=O) groups excluding carboxylic acids is 2. The fourth-order valence-electron chi connectivity index (χ4n) is 4.58. The maximum absolute atomic E-state index is 14.2. The molecule has 2 aromatic carbocycles. The van der Waals surface area contributed by atoms with Gasteiger partial charge in [-0.25, -0.2) is 4.39 Å². The summed E-state index contributed by atoms with van der Waals surface area (Å²) >= 11 is 0. The molecule has 1 heterocycles. The van der Waals surface area contributed by atoms with Gasteiger partial charge in [0.2, 0.25) is 0 Å². The second kappa shape index (κ2) is 7.80. The van der Waals surface area contributed by atoms with Crippen LogP contribution in [0.3, 0.4) is 0 Å². The average Bonchev–Trinajstić information content (AvgIpc) is 2.68. The van der Waals surface area contributed by atoms with Crippen molar-refractivity contribution in [2.45, 2.75) is 46.5 Å². The van der Waals surface area contributed by atoms with Crippen molar-refractivity contribution in [3.8, 4) is 0 Å². The van der Waals surface area contributed by atoms with Crippen LogP contribution >= 0.6 is 0 Å². The molecule has 1 aliphatic carbocycles. The Balaban J connectivity index is 1.81. The van der Waals surface area contributed by atoms with Gasteiger partial charge in [-0.05, 0) is 43.4 Å². The van der Waals surface area contributed by atoms with Gasteiger partial charge < -0.3 is 10.6 Å². The molecule has 5 heteroatoms. The molecule has 1 atom stereocenters. The van der Waals surface area contributed by atoms with Crippen LogP contribution in [0.4, 0.5) is 10.1 Å². The Hall–Kier alpha value is -3.21. The first kappa shape index (κ1) is 21.0. The number of hydrogen-bond donors (Lipinski definition) is 2. The molecule has 2 aliphatic rings. The summed E-state index contributed by atoms with van der Waals surface area (Å²) in [6.45, 7) is 8.00. The normalized spacial score (nSPS) is 20.3. The van der Waals surface area contributed by atoms with Gasteiger partial charge in [-0.3, -0.25) is 9.59 Å². The lowest BCUT2D eigenvalue weighted by Crippen LogP contribution is -2.39. The van der Waals surface area contributed by atoms with Crippen molar-refractivity contribution < 1.29 is 14.0 Å². The summed E-state index contributed by atoms with van der Waals surface area (Å²) in [5.74, 6) is -1.36. The molecular formula is C26H27FN2O2. The highest BCUT2D eigenvalue weighted by atomic mass is 19.1. The zero-order chi connectivity index (χ0) is 22.3. The standard InChI is InChI=1S/C26H27FN2O2/c1-15-9-11-17(12-10-15)23-22(25(31)29-19-8-6-5-7-18(19)27)16(2)28-20-13-26(3,4)14-21(30)24(20)23/h5-12,23,28H,13-14H2,1-4H3,(H,29,31). The lowest BCUT2D eigenvalue weighted by molar-refractivity contribution is -0.118. The third-order valence-corrected chi connectivity index (χ3v) is 6.02. The van der Waals surface area contributed by atoms with E-state index in [1.807, 2.05) is 38.1 Å². The molecule has 1 unspecified atom stereocenters. The van der Waals surface area contributed by atoms with Gasteiger partial charge in [-0.2, -0.15) is 0 Å². The molecular weight excluding hydrogens is 391 g/mol. The number of ketones is 1. The van der Waals surface area contributed by atoms with Gasteiger partial charge in [0.05, 0.1) is 5.69 Å². The average molecular weight is 419 g/mol. The highest BCUT2D eigenvalue weighted by Crippen LogP contribution is 2.46. The van der Waals surface area contributed by atoms with Crippen molar-refractivity contribution in [2.24, 2.45) is 5.41 Å². The van der Waals surface area contributed by atoms with Gasteiger partial charge in [0.25, 0.3) is 5.91 Å². The van der Waals surface area contributed by atoms with Gasteiger partial charge in [0.1, 0.15) is 5.82 Å². The van der Waals surface area contributed by atoms with Crippen molar-refractivity contribution in [3.05, 3.63) is 88.0 Å². The molecule has 0 aromatic heterocycles. The van der Waals surface area contributed by atoms with E-state index in [0.29, 0.717) is 23.3 Å². The summed E-state index contributed by atoms with van der Waals surface area (Å²) in [5.41, 5.74) is 4.61. The Morgan fingerprint density at radius 2 is 1.74 bits per heavy atom. The predicted octanol–water partition coefficient (Wildman–Crippen LogP) is 5.38. The highest BCUT2D eigenvalue weighted by molar-refractivity contribution is 6.10. The maximum atomic E-state index is 14.2. The minimum Gasteiger partial charge on any atom is -0.362 e. The van der Waals surface area contributed by atoms with Crippen LogP contribution in [-0.4, -0.2) is 11.7 Å². The Labute approximate surface area is 182 Å². The molecule has 0 radical (unpaired) electrons. The number of carbonyl (C=O) groups is 2. The van der Waals surface area contributed by atoms with Gasteiger partial charge in [-0.15, -0.1) is 0 Å². The SMILES string of the molecule is CC1=C(C(=O)Nc2ccccc2F)C(c2ccc(C)cc2)C2=C(CC(C)(C)CC2=O)N1. The lowest BCUT2D eigenvalue weighted by atomic mass is 9.68. The monoisotopic (exact) mass is 418 g/mol. The van der Waals surface area contributed by atoms with E-state index in [0.717, 1.165) is 23.2 Å².